The highest BCUT2D eigenvalue weighted by molar-refractivity contribution is 6.08. The second-order valence-electron chi connectivity index (χ2n) is 7.68. The van der Waals surface area contributed by atoms with E-state index in [1.807, 2.05) is 49.2 Å². The van der Waals surface area contributed by atoms with Gasteiger partial charge in [0.2, 0.25) is 11.8 Å². The van der Waals surface area contributed by atoms with Gasteiger partial charge in [0, 0.05) is 24.7 Å². The first kappa shape index (κ1) is 19.2. The quantitative estimate of drug-likeness (QED) is 0.475. The molecule has 0 unspecified atom stereocenters. The van der Waals surface area contributed by atoms with E-state index >= 15 is 0 Å². The molecule has 0 saturated carbocycles. The van der Waals surface area contributed by atoms with Crippen LogP contribution in [0.15, 0.2) is 54.6 Å². The van der Waals surface area contributed by atoms with E-state index in [0.29, 0.717) is 6.54 Å². The van der Waals surface area contributed by atoms with Crippen LogP contribution in [0.5, 0.6) is 0 Å². The van der Waals surface area contributed by atoms with Gasteiger partial charge in [-0.1, -0.05) is 42.5 Å². The Hall–Kier alpha value is -3.10. The van der Waals surface area contributed by atoms with Crippen LogP contribution in [0.4, 0.5) is 5.69 Å². The number of hydrazine groups is 1. The minimum Gasteiger partial charge on any atom is -0.278 e. The number of nitrogens with one attached hydrogen (secondary N) is 1. The number of fused-ring (bicyclic) bond motifs is 1. The van der Waals surface area contributed by atoms with Gasteiger partial charge in [-0.25, -0.2) is 10.4 Å². The number of hydrogen-bond donors (Lipinski definition) is 1. The summed E-state index contributed by atoms with van der Waals surface area (Å²) in [7, 11) is 0. The zero-order valence-corrected chi connectivity index (χ0v) is 16.2. The monoisotopic (exact) mass is 394 g/mol. The minimum absolute atomic E-state index is 0.0120. The number of likely N-dealkylation sites (tertiary alicyclic amines) is 1. The fourth-order valence-electron chi connectivity index (χ4n) is 4.21. The SMILES string of the molecule is CC(C)N1C(=O)[C@H]2[C@@H](c3ccc([N+](=O)[O-])cc3)NN(Cc3ccccc3)[C@@H]2C1=O. The number of non-ortho nitro benzene ring substituents is 1. The third kappa shape index (κ3) is 3.30. The number of nitro benzene ring substituents is 1. The number of amides is 2. The van der Waals surface area contributed by atoms with Crippen molar-refractivity contribution in [3.63, 3.8) is 0 Å². The van der Waals surface area contributed by atoms with Crippen LogP contribution in [0.1, 0.15) is 31.0 Å². The normalized spacial score (nSPS) is 24.4. The lowest BCUT2D eigenvalue weighted by Crippen LogP contribution is -2.46. The number of carbonyl (C=O) groups excluding carboxylic acids is 2. The van der Waals surface area contributed by atoms with Crippen molar-refractivity contribution in [3.05, 3.63) is 75.8 Å². The van der Waals surface area contributed by atoms with Crippen LogP contribution in [0.2, 0.25) is 0 Å². The van der Waals surface area contributed by atoms with Gasteiger partial charge in [0.15, 0.2) is 0 Å². The lowest BCUT2D eigenvalue weighted by molar-refractivity contribution is -0.384. The average Bonchev–Trinajstić information content (AvgIpc) is 3.19. The molecule has 1 N–H and O–H groups in total. The number of nitro groups is 1. The summed E-state index contributed by atoms with van der Waals surface area (Å²) in [5.74, 6) is -0.987. The van der Waals surface area contributed by atoms with Crippen molar-refractivity contribution in [3.8, 4) is 0 Å². The van der Waals surface area contributed by atoms with Crippen molar-refractivity contribution in [2.75, 3.05) is 0 Å². The summed E-state index contributed by atoms with van der Waals surface area (Å²) < 4.78 is 0. The van der Waals surface area contributed by atoms with Crippen LogP contribution in [0.3, 0.4) is 0 Å². The molecule has 0 spiro atoms. The molecule has 2 aliphatic rings. The predicted molar refractivity (Wildman–Crippen MR) is 105 cm³/mol. The van der Waals surface area contributed by atoms with Crippen molar-refractivity contribution in [2.45, 2.75) is 38.5 Å². The summed E-state index contributed by atoms with van der Waals surface area (Å²) in [6.07, 6.45) is 0. The first-order valence-corrected chi connectivity index (χ1v) is 9.56. The molecule has 4 rings (SSSR count). The third-order valence-electron chi connectivity index (χ3n) is 5.53. The van der Waals surface area contributed by atoms with Crippen LogP contribution in [-0.4, -0.2) is 38.7 Å². The van der Waals surface area contributed by atoms with Gasteiger partial charge in [0.05, 0.1) is 16.9 Å². The smallest absolute Gasteiger partial charge is 0.269 e. The molecule has 8 nitrogen and oxygen atoms in total. The van der Waals surface area contributed by atoms with Crippen molar-refractivity contribution < 1.29 is 14.5 Å². The summed E-state index contributed by atoms with van der Waals surface area (Å²) in [5.41, 5.74) is 5.07. The molecule has 0 radical (unpaired) electrons. The van der Waals surface area contributed by atoms with Crippen LogP contribution in [-0.2, 0) is 16.1 Å². The second kappa shape index (κ2) is 7.38. The maximum absolute atomic E-state index is 13.1. The maximum atomic E-state index is 13.1. The summed E-state index contributed by atoms with van der Waals surface area (Å²) in [6, 6.07) is 14.6. The highest BCUT2D eigenvalue weighted by Crippen LogP contribution is 2.41. The fourth-order valence-corrected chi connectivity index (χ4v) is 4.21. The van der Waals surface area contributed by atoms with Crippen LogP contribution < -0.4 is 5.43 Å². The highest BCUT2D eigenvalue weighted by atomic mass is 16.6. The van der Waals surface area contributed by atoms with Gasteiger partial charge in [0.1, 0.15) is 6.04 Å². The Balaban J connectivity index is 1.69. The molecule has 2 aromatic rings. The summed E-state index contributed by atoms with van der Waals surface area (Å²) in [6.45, 7) is 4.12. The number of rotatable bonds is 5. The molecule has 150 valence electrons. The van der Waals surface area contributed by atoms with Gasteiger partial charge in [-0.2, -0.15) is 0 Å². The lowest BCUT2D eigenvalue weighted by atomic mass is 9.91. The van der Waals surface area contributed by atoms with Gasteiger partial charge in [0.25, 0.3) is 5.69 Å². The van der Waals surface area contributed by atoms with E-state index in [2.05, 4.69) is 5.43 Å². The molecule has 0 aromatic heterocycles. The lowest BCUT2D eigenvalue weighted by Gasteiger charge is -2.26. The Bertz CT molecular complexity index is 945. The third-order valence-corrected chi connectivity index (χ3v) is 5.53. The van der Waals surface area contributed by atoms with E-state index in [4.69, 9.17) is 0 Å². The van der Waals surface area contributed by atoms with Gasteiger partial charge < -0.3 is 0 Å². The van der Waals surface area contributed by atoms with Gasteiger partial charge >= 0.3 is 0 Å². The van der Waals surface area contributed by atoms with E-state index in [-0.39, 0.29) is 23.5 Å². The van der Waals surface area contributed by atoms with E-state index in [9.17, 15) is 19.7 Å². The number of carbonyl (C=O) groups is 2. The zero-order chi connectivity index (χ0) is 20.7. The van der Waals surface area contributed by atoms with Gasteiger partial charge in [-0.05, 0) is 25.0 Å². The number of nitrogens with zero attached hydrogens (tertiary/aromatic N) is 3. The average molecular weight is 394 g/mol. The molecule has 3 atom stereocenters. The van der Waals surface area contributed by atoms with E-state index in [0.717, 1.165) is 11.1 Å². The molecule has 2 aromatic carbocycles. The molecule has 0 aliphatic carbocycles. The standard InChI is InChI=1S/C21H22N4O4/c1-13(2)24-20(26)17-18(15-8-10-16(11-9-15)25(28)29)22-23(19(17)21(24)27)12-14-6-4-3-5-7-14/h3-11,13,17-19,22H,12H2,1-2H3/t17-,18+,19-/m0/s1. The Morgan fingerprint density at radius 2 is 1.69 bits per heavy atom. The second-order valence-corrected chi connectivity index (χ2v) is 7.68. The largest absolute Gasteiger partial charge is 0.278 e. The molecule has 2 saturated heterocycles. The number of hydrogen-bond acceptors (Lipinski definition) is 6. The molecule has 2 aliphatic heterocycles. The van der Waals surface area contributed by atoms with Crippen molar-refractivity contribution >= 4 is 17.5 Å². The first-order valence-electron chi connectivity index (χ1n) is 9.56. The zero-order valence-electron chi connectivity index (χ0n) is 16.2. The summed E-state index contributed by atoms with van der Waals surface area (Å²) in [4.78, 5) is 38.1. The Morgan fingerprint density at radius 1 is 1.03 bits per heavy atom. The summed E-state index contributed by atoms with van der Waals surface area (Å²) in [5, 5.41) is 12.8. The molecular weight excluding hydrogens is 372 g/mol. The van der Waals surface area contributed by atoms with Gasteiger partial charge in [-0.3, -0.25) is 24.6 Å². The van der Waals surface area contributed by atoms with E-state index in [1.54, 1.807) is 12.1 Å². The van der Waals surface area contributed by atoms with Crippen molar-refractivity contribution in [2.24, 2.45) is 5.92 Å². The maximum Gasteiger partial charge on any atom is 0.269 e. The van der Waals surface area contributed by atoms with Crippen LogP contribution in [0.25, 0.3) is 0 Å². The fraction of sp³-hybridized carbons (Fsp3) is 0.333. The topological polar surface area (TPSA) is 95.8 Å². The van der Waals surface area contributed by atoms with Crippen LogP contribution >= 0.6 is 0 Å². The highest BCUT2D eigenvalue weighted by Gasteiger charge is 2.58. The van der Waals surface area contributed by atoms with Crippen molar-refractivity contribution in [1.82, 2.24) is 15.3 Å². The molecule has 2 amide bonds. The van der Waals surface area contributed by atoms with E-state index < -0.39 is 22.9 Å². The predicted octanol–water partition coefficient (Wildman–Crippen LogP) is 2.42. The number of imide groups is 1. The molecule has 0 bridgehead atoms. The Morgan fingerprint density at radius 3 is 2.28 bits per heavy atom. The molecule has 2 fully saturated rings. The summed E-state index contributed by atoms with van der Waals surface area (Å²) >= 11 is 0. The number of benzene rings is 2. The Labute approximate surface area is 168 Å². The van der Waals surface area contributed by atoms with Crippen LogP contribution in [0, 0.1) is 16.0 Å². The molecular formula is C21H22N4O4. The molecule has 8 heteroatoms. The molecule has 29 heavy (non-hydrogen) atoms. The van der Waals surface area contributed by atoms with Crippen molar-refractivity contribution in [1.29, 1.82) is 0 Å². The Kier molecular flexibility index (Phi) is 4.89. The van der Waals surface area contributed by atoms with Gasteiger partial charge in [-0.15, -0.1) is 0 Å². The molecule has 2 heterocycles. The van der Waals surface area contributed by atoms with E-state index in [1.165, 1.54) is 17.0 Å². The first-order chi connectivity index (χ1) is 13.9. The minimum atomic E-state index is -0.606.